The lowest BCUT2D eigenvalue weighted by Gasteiger charge is -2.41. The van der Waals surface area contributed by atoms with Gasteiger partial charge in [-0.05, 0) is 36.5 Å². The van der Waals surface area contributed by atoms with Gasteiger partial charge in [0.15, 0.2) is 0 Å². The van der Waals surface area contributed by atoms with Crippen LogP contribution >= 0.6 is 0 Å². The highest BCUT2D eigenvalue weighted by Gasteiger charge is 2.40. The molecule has 3 N–H and O–H groups in total. The van der Waals surface area contributed by atoms with Crippen molar-refractivity contribution in [3.05, 3.63) is 59.9 Å². The molecule has 1 aliphatic heterocycles. The first-order chi connectivity index (χ1) is 13.2. The van der Waals surface area contributed by atoms with E-state index in [0.29, 0.717) is 18.5 Å². The van der Waals surface area contributed by atoms with Crippen LogP contribution in [-0.2, 0) is 6.54 Å². The van der Waals surface area contributed by atoms with Crippen molar-refractivity contribution in [2.75, 3.05) is 5.32 Å². The summed E-state index contributed by atoms with van der Waals surface area (Å²) >= 11 is 0. The van der Waals surface area contributed by atoms with Gasteiger partial charge in [0.2, 0.25) is 0 Å². The summed E-state index contributed by atoms with van der Waals surface area (Å²) < 4.78 is 0. The maximum atomic E-state index is 12.6. The fraction of sp³-hybridized carbons (Fsp3) is 0.455. The second-order valence-electron chi connectivity index (χ2n) is 7.80. The number of nitrogens with zero attached hydrogens (tertiary/aromatic N) is 1. The first-order valence-electron chi connectivity index (χ1n) is 10.0. The van der Waals surface area contributed by atoms with E-state index < -0.39 is 0 Å². The SMILES string of the molecule is C[C@@H]1[C@@H](NC(=O)NCc2ccccc2)c2ncccc2N[C@H]1C1CCCC1. The van der Waals surface area contributed by atoms with E-state index in [-0.39, 0.29) is 18.0 Å². The molecule has 0 spiro atoms. The van der Waals surface area contributed by atoms with E-state index in [1.165, 1.54) is 25.7 Å². The molecule has 2 amide bonds. The molecule has 3 atom stereocenters. The van der Waals surface area contributed by atoms with Crippen molar-refractivity contribution in [1.82, 2.24) is 15.6 Å². The van der Waals surface area contributed by atoms with Crippen LogP contribution < -0.4 is 16.0 Å². The Balaban J connectivity index is 1.48. The van der Waals surface area contributed by atoms with Gasteiger partial charge in [0.25, 0.3) is 0 Å². The van der Waals surface area contributed by atoms with E-state index in [0.717, 1.165) is 16.9 Å². The fourth-order valence-corrected chi connectivity index (χ4v) is 4.59. The molecule has 4 rings (SSSR count). The predicted molar refractivity (Wildman–Crippen MR) is 107 cm³/mol. The lowest BCUT2D eigenvalue weighted by atomic mass is 9.79. The van der Waals surface area contributed by atoms with Crippen LogP contribution in [0.15, 0.2) is 48.7 Å². The number of hydrogen-bond donors (Lipinski definition) is 3. The summed E-state index contributed by atoms with van der Waals surface area (Å²) in [5.74, 6) is 0.961. The second-order valence-corrected chi connectivity index (χ2v) is 7.80. The molecule has 1 aromatic heterocycles. The van der Waals surface area contributed by atoms with Crippen LogP contribution in [0.25, 0.3) is 0 Å². The third-order valence-electron chi connectivity index (χ3n) is 6.04. The zero-order valence-electron chi connectivity index (χ0n) is 15.8. The summed E-state index contributed by atoms with van der Waals surface area (Å²) in [6, 6.07) is 14.2. The molecule has 1 aliphatic carbocycles. The second kappa shape index (κ2) is 7.99. The molecule has 2 heterocycles. The molecule has 1 fully saturated rings. The van der Waals surface area contributed by atoms with Crippen LogP contribution in [0.2, 0.25) is 0 Å². The molecule has 5 nitrogen and oxygen atoms in total. The van der Waals surface area contributed by atoms with Crippen molar-refractivity contribution < 1.29 is 4.79 Å². The van der Waals surface area contributed by atoms with E-state index in [1.807, 2.05) is 36.4 Å². The van der Waals surface area contributed by atoms with E-state index in [9.17, 15) is 4.79 Å². The standard InChI is InChI=1S/C22H28N4O/c1-15-19(17-10-5-6-11-17)25-18-12-7-13-23-21(18)20(15)26-22(27)24-14-16-8-3-2-4-9-16/h2-4,7-9,12-13,15,17,19-20,25H,5-6,10-11,14H2,1H3,(H2,24,26,27)/t15-,19+,20+/m0/s1. The van der Waals surface area contributed by atoms with Crippen molar-refractivity contribution in [2.45, 2.75) is 51.2 Å². The molecule has 0 unspecified atom stereocenters. The number of amides is 2. The van der Waals surface area contributed by atoms with Crippen LogP contribution in [0, 0.1) is 11.8 Å². The maximum Gasteiger partial charge on any atom is 0.315 e. The zero-order valence-corrected chi connectivity index (χ0v) is 15.8. The maximum absolute atomic E-state index is 12.6. The highest BCUT2D eigenvalue weighted by molar-refractivity contribution is 5.75. The third kappa shape index (κ3) is 3.92. The molecule has 0 bridgehead atoms. The molecule has 0 saturated heterocycles. The van der Waals surface area contributed by atoms with Crippen molar-refractivity contribution in [3.63, 3.8) is 0 Å². The lowest BCUT2D eigenvalue weighted by molar-refractivity contribution is 0.220. The Hall–Kier alpha value is -2.56. The van der Waals surface area contributed by atoms with Gasteiger partial charge in [-0.1, -0.05) is 50.1 Å². The third-order valence-corrected chi connectivity index (χ3v) is 6.04. The van der Waals surface area contributed by atoms with Crippen molar-refractivity contribution in [1.29, 1.82) is 0 Å². The molecule has 142 valence electrons. The number of fused-ring (bicyclic) bond motifs is 1. The molecular formula is C22H28N4O. The van der Waals surface area contributed by atoms with E-state index >= 15 is 0 Å². The fourth-order valence-electron chi connectivity index (χ4n) is 4.59. The number of carbonyl (C=O) groups is 1. The molecule has 1 saturated carbocycles. The van der Waals surface area contributed by atoms with Crippen molar-refractivity contribution >= 4 is 11.7 Å². The number of rotatable bonds is 4. The van der Waals surface area contributed by atoms with Gasteiger partial charge in [-0.3, -0.25) is 4.98 Å². The predicted octanol–water partition coefficient (Wildman–Crippen LogP) is 4.24. The number of nitrogens with one attached hydrogen (secondary N) is 3. The average Bonchev–Trinajstić information content (AvgIpc) is 3.24. The number of aromatic nitrogens is 1. The Kier molecular flexibility index (Phi) is 5.28. The van der Waals surface area contributed by atoms with Crippen LogP contribution in [0.3, 0.4) is 0 Å². The highest BCUT2D eigenvalue weighted by Crippen LogP contribution is 2.41. The van der Waals surface area contributed by atoms with Gasteiger partial charge < -0.3 is 16.0 Å². The molecule has 0 radical (unpaired) electrons. The van der Waals surface area contributed by atoms with Crippen LogP contribution in [-0.4, -0.2) is 17.1 Å². The largest absolute Gasteiger partial charge is 0.380 e. The Morgan fingerprint density at radius 3 is 2.70 bits per heavy atom. The van der Waals surface area contributed by atoms with E-state index in [1.54, 1.807) is 6.20 Å². The number of hydrogen-bond acceptors (Lipinski definition) is 3. The molecule has 5 heteroatoms. The molecular weight excluding hydrogens is 336 g/mol. The summed E-state index contributed by atoms with van der Waals surface area (Å²) in [5, 5.41) is 9.90. The number of urea groups is 1. The van der Waals surface area contributed by atoms with Crippen LogP contribution in [0.5, 0.6) is 0 Å². The minimum absolute atomic E-state index is 0.0798. The van der Waals surface area contributed by atoms with Crippen molar-refractivity contribution in [3.8, 4) is 0 Å². The first-order valence-corrected chi connectivity index (χ1v) is 10.0. The number of carbonyl (C=O) groups excluding carboxylic acids is 1. The van der Waals surface area contributed by atoms with E-state index in [4.69, 9.17) is 0 Å². The first kappa shape index (κ1) is 17.8. The number of benzene rings is 1. The van der Waals surface area contributed by atoms with Gasteiger partial charge in [-0.15, -0.1) is 0 Å². The topological polar surface area (TPSA) is 66.0 Å². The van der Waals surface area contributed by atoms with E-state index in [2.05, 4.69) is 33.9 Å². The zero-order chi connectivity index (χ0) is 18.6. The monoisotopic (exact) mass is 364 g/mol. The average molecular weight is 364 g/mol. The lowest BCUT2D eigenvalue weighted by Crippen LogP contribution is -2.49. The minimum atomic E-state index is -0.139. The van der Waals surface area contributed by atoms with Gasteiger partial charge in [0, 0.05) is 24.7 Å². The Bertz CT molecular complexity index is 773. The summed E-state index contributed by atoms with van der Waals surface area (Å²) in [7, 11) is 0. The summed E-state index contributed by atoms with van der Waals surface area (Å²) in [6.07, 6.45) is 6.96. The Labute approximate surface area is 161 Å². The quantitative estimate of drug-likeness (QED) is 0.760. The molecule has 1 aromatic carbocycles. The normalized spacial score (nSPS) is 24.7. The van der Waals surface area contributed by atoms with Gasteiger partial charge in [0.1, 0.15) is 0 Å². The smallest absolute Gasteiger partial charge is 0.315 e. The molecule has 27 heavy (non-hydrogen) atoms. The van der Waals surface area contributed by atoms with Crippen molar-refractivity contribution in [2.24, 2.45) is 11.8 Å². The number of anilines is 1. The molecule has 2 aliphatic rings. The minimum Gasteiger partial charge on any atom is -0.380 e. The number of pyridine rings is 1. The van der Waals surface area contributed by atoms with Gasteiger partial charge in [-0.25, -0.2) is 4.79 Å². The van der Waals surface area contributed by atoms with Gasteiger partial charge in [-0.2, -0.15) is 0 Å². The Morgan fingerprint density at radius 2 is 1.93 bits per heavy atom. The summed E-state index contributed by atoms with van der Waals surface area (Å²) in [5.41, 5.74) is 3.09. The van der Waals surface area contributed by atoms with Crippen LogP contribution in [0.1, 0.15) is 49.9 Å². The van der Waals surface area contributed by atoms with Gasteiger partial charge in [0.05, 0.1) is 17.4 Å². The highest BCUT2D eigenvalue weighted by atomic mass is 16.2. The van der Waals surface area contributed by atoms with Crippen LogP contribution in [0.4, 0.5) is 10.5 Å². The summed E-state index contributed by atoms with van der Waals surface area (Å²) in [6.45, 7) is 2.75. The van der Waals surface area contributed by atoms with Gasteiger partial charge >= 0.3 is 6.03 Å². The molecule has 2 aromatic rings. The summed E-state index contributed by atoms with van der Waals surface area (Å²) in [4.78, 5) is 17.2. The Morgan fingerprint density at radius 1 is 1.15 bits per heavy atom.